The van der Waals surface area contributed by atoms with Crippen molar-refractivity contribution in [2.75, 3.05) is 18.6 Å². The van der Waals surface area contributed by atoms with Crippen LogP contribution < -0.4 is 4.74 Å². The molecule has 3 rings (SSSR count). The summed E-state index contributed by atoms with van der Waals surface area (Å²) in [4.78, 5) is 4.14. The van der Waals surface area contributed by atoms with Crippen molar-refractivity contribution in [3.8, 4) is 5.75 Å². The molecule has 0 spiro atoms. The standard InChI is InChI=1S/C17H23N3O5S2/c1-13-18-17(11-19(13)2)27(23,24)20(15-8-9-26(21,22)12-15)10-14-4-6-16(25-3)7-5-14/h4-7,11,15H,8-10,12H2,1-3H3. The molecule has 1 aromatic carbocycles. The number of benzene rings is 1. The molecule has 2 aromatic rings. The van der Waals surface area contributed by atoms with Crippen LogP contribution in [-0.4, -0.2) is 55.3 Å². The molecule has 0 bridgehead atoms. The second kappa shape index (κ2) is 7.25. The zero-order valence-electron chi connectivity index (χ0n) is 15.5. The number of methoxy groups -OCH3 is 1. The van der Waals surface area contributed by atoms with Crippen LogP contribution in [-0.2, 0) is 33.5 Å². The number of aryl methyl sites for hydroxylation is 2. The predicted octanol–water partition coefficient (Wildman–Crippen LogP) is 1.12. The molecule has 10 heteroatoms. The van der Waals surface area contributed by atoms with E-state index in [-0.39, 0.29) is 29.5 Å². The number of aromatic nitrogens is 2. The Kier molecular flexibility index (Phi) is 5.33. The largest absolute Gasteiger partial charge is 0.497 e. The van der Waals surface area contributed by atoms with E-state index in [9.17, 15) is 16.8 Å². The van der Waals surface area contributed by atoms with Crippen LogP contribution in [0.1, 0.15) is 17.8 Å². The second-order valence-electron chi connectivity index (χ2n) is 6.69. The topological polar surface area (TPSA) is 98.6 Å². The fraction of sp³-hybridized carbons (Fsp3) is 0.471. The normalized spacial score (nSPS) is 19.5. The van der Waals surface area contributed by atoms with Crippen LogP contribution in [0.25, 0.3) is 0 Å². The average Bonchev–Trinajstić information content (AvgIpc) is 3.15. The summed E-state index contributed by atoms with van der Waals surface area (Å²) in [6.07, 6.45) is 1.73. The van der Waals surface area contributed by atoms with Crippen LogP contribution in [0.15, 0.2) is 35.5 Å². The summed E-state index contributed by atoms with van der Waals surface area (Å²) in [6.45, 7) is 1.79. The highest BCUT2D eigenvalue weighted by Crippen LogP contribution is 2.27. The van der Waals surface area contributed by atoms with Crippen LogP contribution in [0.5, 0.6) is 5.75 Å². The monoisotopic (exact) mass is 413 g/mol. The highest BCUT2D eigenvalue weighted by Gasteiger charge is 2.39. The molecule has 148 valence electrons. The third-order valence-electron chi connectivity index (χ3n) is 4.77. The van der Waals surface area contributed by atoms with Gasteiger partial charge in [-0.2, -0.15) is 4.31 Å². The summed E-state index contributed by atoms with van der Waals surface area (Å²) < 4.78 is 58.4. The van der Waals surface area contributed by atoms with Crippen LogP contribution in [0.2, 0.25) is 0 Å². The van der Waals surface area contributed by atoms with Gasteiger partial charge in [0.05, 0.1) is 18.6 Å². The van der Waals surface area contributed by atoms with Crippen molar-refractivity contribution in [1.82, 2.24) is 13.9 Å². The molecule has 0 amide bonds. The molecule has 8 nitrogen and oxygen atoms in total. The Bertz CT molecular complexity index is 1010. The number of rotatable bonds is 6. The summed E-state index contributed by atoms with van der Waals surface area (Å²) in [5, 5.41) is -0.0692. The van der Waals surface area contributed by atoms with Gasteiger partial charge in [0.2, 0.25) is 0 Å². The minimum Gasteiger partial charge on any atom is -0.497 e. The summed E-state index contributed by atoms with van der Waals surface area (Å²) in [5.74, 6) is 1.05. The maximum Gasteiger partial charge on any atom is 0.262 e. The number of imidazole rings is 1. The van der Waals surface area contributed by atoms with Gasteiger partial charge in [0.15, 0.2) is 14.9 Å². The fourth-order valence-corrected chi connectivity index (χ4v) is 6.59. The highest BCUT2D eigenvalue weighted by molar-refractivity contribution is 7.92. The van der Waals surface area contributed by atoms with Gasteiger partial charge in [0.1, 0.15) is 11.6 Å². The van der Waals surface area contributed by atoms with E-state index in [2.05, 4.69) is 4.98 Å². The van der Waals surface area contributed by atoms with Crippen molar-refractivity contribution in [3.05, 3.63) is 41.9 Å². The number of sulfonamides is 1. The maximum atomic E-state index is 13.3. The number of sulfone groups is 1. The van der Waals surface area contributed by atoms with Gasteiger partial charge in [-0.3, -0.25) is 0 Å². The number of hydrogen-bond acceptors (Lipinski definition) is 6. The maximum absolute atomic E-state index is 13.3. The first kappa shape index (κ1) is 19.8. The van der Waals surface area contributed by atoms with Gasteiger partial charge >= 0.3 is 0 Å². The molecule has 0 saturated carbocycles. The van der Waals surface area contributed by atoms with Crippen molar-refractivity contribution < 1.29 is 21.6 Å². The zero-order chi connectivity index (χ0) is 19.8. The SMILES string of the molecule is COc1ccc(CN(C2CCS(=O)(=O)C2)S(=O)(=O)c2cn(C)c(C)n2)cc1. The van der Waals surface area contributed by atoms with E-state index in [1.54, 1.807) is 49.9 Å². The summed E-state index contributed by atoms with van der Waals surface area (Å²) in [5.41, 5.74) is 0.747. The lowest BCUT2D eigenvalue weighted by Gasteiger charge is -2.26. The minimum atomic E-state index is -3.94. The van der Waals surface area contributed by atoms with Gasteiger partial charge in [-0.1, -0.05) is 12.1 Å². The Morgan fingerprint density at radius 1 is 1.30 bits per heavy atom. The molecule has 1 aromatic heterocycles. The van der Waals surface area contributed by atoms with Gasteiger partial charge in [-0.15, -0.1) is 0 Å². The van der Waals surface area contributed by atoms with Crippen LogP contribution in [0, 0.1) is 6.92 Å². The van der Waals surface area contributed by atoms with E-state index in [0.29, 0.717) is 11.6 Å². The fourth-order valence-electron chi connectivity index (χ4n) is 3.09. The van der Waals surface area contributed by atoms with Crippen molar-refractivity contribution >= 4 is 19.9 Å². The molecule has 0 radical (unpaired) electrons. The van der Waals surface area contributed by atoms with Crippen molar-refractivity contribution in [3.63, 3.8) is 0 Å². The third-order valence-corrected chi connectivity index (χ3v) is 8.29. The first-order chi connectivity index (χ1) is 12.6. The first-order valence-electron chi connectivity index (χ1n) is 8.47. The summed E-state index contributed by atoms with van der Waals surface area (Å²) >= 11 is 0. The Labute approximate surface area is 159 Å². The Morgan fingerprint density at radius 3 is 2.44 bits per heavy atom. The Hall–Kier alpha value is -1.91. The van der Waals surface area contributed by atoms with Crippen molar-refractivity contribution in [2.45, 2.75) is 31.0 Å². The lowest BCUT2D eigenvalue weighted by Crippen LogP contribution is -2.40. The van der Waals surface area contributed by atoms with Gasteiger partial charge in [-0.05, 0) is 31.0 Å². The summed E-state index contributed by atoms with van der Waals surface area (Å²) in [6, 6.07) is 6.43. The number of hydrogen-bond donors (Lipinski definition) is 0. The van der Waals surface area contributed by atoms with Gasteiger partial charge < -0.3 is 9.30 Å². The van der Waals surface area contributed by atoms with E-state index >= 15 is 0 Å². The second-order valence-corrected chi connectivity index (χ2v) is 10.8. The van der Waals surface area contributed by atoms with Crippen LogP contribution >= 0.6 is 0 Å². The molecular formula is C17H23N3O5S2. The molecule has 0 N–H and O–H groups in total. The molecule has 1 unspecified atom stereocenters. The molecule has 1 aliphatic rings. The molecule has 0 aliphatic carbocycles. The molecule has 1 aliphatic heterocycles. The minimum absolute atomic E-state index is 0.00640. The summed E-state index contributed by atoms with van der Waals surface area (Å²) in [7, 11) is -3.91. The Balaban J connectivity index is 1.98. The van der Waals surface area contributed by atoms with Crippen molar-refractivity contribution in [2.24, 2.45) is 7.05 Å². The third kappa shape index (κ3) is 4.17. The van der Waals surface area contributed by atoms with E-state index in [1.807, 2.05) is 0 Å². The molecule has 1 atom stereocenters. The molecule has 27 heavy (non-hydrogen) atoms. The zero-order valence-corrected chi connectivity index (χ0v) is 17.1. The van der Waals surface area contributed by atoms with E-state index in [4.69, 9.17) is 4.74 Å². The van der Waals surface area contributed by atoms with Crippen LogP contribution in [0.4, 0.5) is 0 Å². The average molecular weight is 414 g/mol. The smallest absolute Gasteiger partial charge is 0.262 e. The highest BCUT2D eigenvalue weighted by atomic mass is 32.2. The lowest BCUT2D eigenvalue weighted by atomic mass is 10.2. The van der Waals surface area contributed by atoms with E-state index < -0.39 is 25.9 Å². The molecule has 2 heterocycles. The van der Waals surface area contributed by atoms with Gasteiger partial charge in [0.25, 0.3) is 10.0 Å². The number of nitrogens with zero attached hydrogens (tertiary/aromatic N) is 3. The number of ether oxygens (including phenoxy) is 1. The van der Waals surface area contributed by atoms with Crippen molar-refractivity contribution in [1.29, 1.82) is 0 Å². The van der Waals surface area contributed by atoms with Gasteiger partial charge in [0, 0.05) is 25.8 Å². The molecular weight excluding hydrogens is 390 g/mol. The van der Waals surface area contributed by atoms with E-state index in [0.717, 1.165) is 5.56 Å². The van der Waals surface area contributed by atoms with Gasteiger partial charge in [-0.25, -0.2) is 21.8 Å². The predicted molar refractivity (Wildman–Crippen MR) is 101 cm³/mol. The van der Waals surface area contributed by atoms with Crippen LogP contribution in [0.3, 0.4) is 0 Å². The first-order valence-corrected chi connectivity index (χ1v) is 11.7. The molecule has 1 saturated heterocycles. The Morgan fingerprint density at radius 2 is 1.96 bits per heavy atom. The molecule has 1 fully saturated rings. The van der Waals surface area contributed by atoms with E-state index in [1.165, 1.54) is 10.5 Å². The quantitative estimate of drug-likeness (QED) is 0.704. The lowest BCUT2D eigenvalue weighted by molar-refractivity contribution is 0.333.